The van der Waals surface area contributed by atoms with Crippen LogP contribution >= 0.6 is 38.5 Å². The third kappa shape index (κ3) is 2.44. The lowest BCUT2D eigenvalue weighted by atomic mass is 10.2. The summed E-state index contributed by atoms with van der Waals surface area (Å²) >= 11 is 5.78. The van der Waals surface area contributed by atoms with Gasteiger partial charge in [-0.15, -0.1) is 0 Å². The van der Waals surface area contributed by atoms with E-state index in [2.05, 4.69) is 86.1 Å². The predicted molar refractivity (Wildman–Crippen MR) is 85.7 cm³/mol. The summed E-state index contributed by atoms with van der Waals surface area (Å²) in [7, 11) is 0. The van der Waals surface area contributed by atoms with Crippen LogP contribution in [0.15, 0.2) is 53.1 Å². The van der Waals surface area contributed by atoms with Crippen molar-refractivity contribution in [3.05, 3.63) is 62.3 Å². The van der Waals surface area contributed by atoms with Crippen LogP contribution in [-0.4, -0.2) is 9.78 Å². The van der Waals surface area contributed by atoms with Gasteiger partial charge in [0.15, 0.2) is 0 Å². The Morgan fingerprint density at radius 2 is 1.89 bits per heavy atom. The molecule has 0 bridgehead atoms. The number of aromatic nitrogens is 2. The maximum absolute atomic E-state index is 4.46. The zero-order valence-corrected chi connectivity index (χ0v) is 13.2. The van der Waals surface area contributed by atoms with Crippen LogP contribution in [0.4, 0.5) is 0 Å². The Kier molecular flexibility index (Phi) is 3.39. The lowest BCUT2D eigenvalue weighted by molar-refractivity contribution is 0.712. The highest BCUT2D eigenvalue weighted by atomic mass is 127. The molecule has 0 aliphatic rings. The summed E-state index contributed by atoms with van der Waals surface area (Å²) in [5.41, 5.74) is 2.44. The van der Waals surface area contributed by atoms with Crippen molar-refractivity contribution >= 4 is 49.4 Å². The molecule has 0 saturated heterocycles. The number of halogens is 2. The number of hydrogen-bond donors (Lipinski definition) is 0. The van der Waals surface area contributed by atoms with E-state index in [-0.39, 0.29) is 0 Å². The van der Waals surface area contributed by atoms with Crippen molar-refractivity contribution in [3.8, 4) is 0 Å². The first-order chi connectivity index (χ1) is 8.72. The fourth-order valence-corrected chi connectivity index (χ4v) is 2.67. The maximum Gasteiger partial charge on any atom is 0.0696 e. The van der Waals surface area contributed by atoms with Crippen molar-refractivity contribution < 1.29 is 0 Å². The molecule has 2 aromatic carbocycles. The van der Waals surface area contributed by atoms with Crippen LogP contribution in [0, 0.1) is 3.57 Å². The standard InChI is InChI=1S/C14H10BrIN2/c15-12-4-1-10(2-5-12)9-18-14-7-13(16)6-3-11(14)8-17-18/h1-8H,9H2. The molecule has 0 saturated carbocycles. The normalized spacial score (nSPS) is 11.0. The van der Waals surface area contributed by atoms with E-state index in [1.807, 2.05) is 10.9 Å². The first kappa shape index (κ1) is 12.2. The number of benzene rings is 2. The van der Waals surface area contributed by atoms with Gasteiger partial charge < -0.3 is 0 Å². The molecule has 2 nitrogen and oxygen atoms in total. The lowest BCUT2D eigenvalue weighted by Gasteiger charge is -2.04. The van der Waals surface area contributed by atoms with Crippen molar-refractivity contribution in [2.24, 2.45) is 0 Å². The van der Waals surface area contributed by atoms with Crippen molar-refractivity contribution in [2.45, 2.75) is 6.54 Å². The molecule has 0 unspecified atom stereocenters. The van der Waals surface area contributed by atoms with Crippen molar-refractivity contribution in [1.82, 2.24) is 9.78 Å². The van der Waals surface area contributed by atoms with Gasteiger partial charge in [0.05, 0.1) is 18.3 Å². The van der Waals surface area contributed by atoms with E-state index in [4.69, 9.17) is 0 Å². The summed E-state index contributed by atoms with van der Waals surface area (Å²) in [6, 6.07) is 14.7. The van der Waals surface area contributed by atoms with Crippen LogP contribution in [0.3, 0.4) is 0 Å². The first-order valence-electron chi connectivity index (χ1n) is 5.58. The zero-order valence-electron chi connectivity index (χ0n) is 9.48. The molecule has 0 N–H and O–H groups in total. The molecule has 0 spiro atoms. The fraction of sp³-hybridized carbons (Fsp3) is 0.0714. The molecule has 4 heteroatoms. The highest BCUT2D eigenvalue weighted by Gasteiger charge is 2.03. The van der Waals surface area contributed by atoms with Gasteiger partial charge in [-0.1, -0.05) is 34.1 Å². The molecule has 0 aliphatic carbocycles. The molecule has 0 fully saturated rings. The predicted octanol–water partition coefficient (Wildman–Crippen LogP) is 4.45. The van der Waals surface area contributed by atoms with Crippen LogP contribution in [-0.2, 0) is 6.54 Å². The molecule has 0 amide bonds. The molecule has 3 aromatic rings. The summed E-state index contributed by atoms with van der Waals surface area (Å²) in [4.78, 5) is 0. The quantitative estimate of drug-likeness (QED) is 0.568. The van der Waals surface area contributed by atoms with Crippen LogP contribution in [0.5, 0.6) is 0 Å². The summed E-state index contributed by atoms with van der Waals surface area (Å²) < 4.78 is 4.38. The van der Waals surface area contributed by atoms with Gasteiger partial charge in [0, 0.05) is 13.4 Å². The molecule has 0 radical (unpaired) electrons. The van der Waals surface area contributed by atoms with E-state index >= 15 is 0 Å². The molecular formula is C14H10BrIN2. The second kappa shape index (κ2) is 5.01. The third-order valence-corrected chi connectivity index (χ3v) is 4.05. The van der Waals surface area contributed by atoms with Gasteiger partial charge in [0.25, 0.3) is 0 Å². The van der Waals surface area contributed by atoms with Gasteiger partial charge in [0.2, 0.25) is 0 Å². The minimum Gasteiger partial charge on any atom is -0.260 e. The van der Waals surface area contributed by atoms with Gasteiger partial charge in [-0.2, -0.15) is 5.10 Å². The van der Waals surface area contributed by atoms with E-state index in [9.17, 15) is 0 Å². The van der Waals surface area contributed by atoms with E-state index in [1.165, 1.54) is 20.0 Å². The zero-order chi connectivity index (χ0) is 12.5. The molecule has 0 aliphatic heterocycles. The molecule has 18 heavy (non-hydrogen) atoms. The van der Waals surface area contributed by atoms with Crippen LogP contribution in [0.2, 0.25) is 0 Å². The number of fused-ring (bicyclic) bond motifs is 1. The smallest absolute Gasteiger partial charge is 0.0696 e. The van der Waals surface area contributed by atoms with Crippen LogP contribution < -0.4 is 0 Å². The van der Waals surface area contributed by atoms with Gasteiger partial charge in [-0.05, 0) is 52.4 Å². The second-order valence-corrected chi connectivity index (χ2v) is 6.29. The summed E-state index contributed by atoms with van der Waals surface area (Å²) in [5.74, 6) is 0. The fourth-order valence-electron chi connectivity index (χ4n) is 1.93. The molecular weight excluding hydrogens is 403 g/mol. The van der Waals surface area contributed by atoms with E-state index < -0.39 is 0 Å². The van der Waals surface area contributed by atoms with E-state index in [0.717, 1.165) is 11.0 Å². The number of rotatable bonds is 2. The highest BCUT2D eigenvalue weighted by Crippen LogP contribution is 2.19. The summed E-state index contributed by atoms with van der Waals surface area (Å²) in [6.45, 7) is 0.802. The van der Waals surface area contributed by atoms with Gasteiger partial charge in [-0.25, -0.2) is 0 Å². The maximum atomic E-state index is 4.46. The Labute approximate surface area is 127 Å². The van der Waals surface area contributed by atoms with Crippen molar-refractivity contribution in [3.63, 3.8) is 0 Å². The molecule has 3 rings (SSSR count). The third-order valence-electron chi connectivity index (χ3n) is 2.85. The first-order valence-corrected chi connectivity index (χ1v) is 7.45. The monoisotopic (exact) mass is 412 g/mol. The molecule has 90 valence electrons. The molecule has 0 atom stereocenters. The minimum atomic E-state index is 0.802. The Morgan fingerprint density at radius 3 is 2.67 bits per heavy atom. The second-order valence-electron chi connectivity index (χ2n) is 4.13. The van der Waals surface area contributed by atoms with Crippen LogP contribution in [0.1, 0.15) is 5.56 Å². The Balaban J connectivity index is 1.99. The number of nitrogens with zero attached hydrogens (tertiary/aromatic N) is 2. The minimum absolute atomic E-state index is 0.802. The summed E-state index contributed by atoms with van der Waals surface area (Å²) in [5, 5.41) is 5.64. The van der Waals surface area contributed by atoms with E-state index in [0.29, 0.717) is 0 Å². The lowest BCUT2D eigenvalue weighted by Crippen LogP contribution is -2.01. The van der Waals surface area contributed by atoms with Crippen molar-refractivity contribution in [2.75, 3.05) is 0 Å². The SMILES string of the molecule is Brc1ccc(Cn2ncc3ccc(I)cc32)cc1. The van der Waals surface area contributed by atoms with Crippen molar-refractivity contribution in [1.29, 1.82) is 0 Å². The molecule has 1 aromatic heterocycles. The van der Waals surface area contributed by atoms with E-state index in [1.54, 1.807) is 0 Å². The van der Waals surface area contributed by atoms with Gasteiger partial charge >= 0.3 is 0 Å². The summed E-state index contributed by atoms with van der Waals surface area (Å²) in [6.07, 6.45) is 1.92. The molecule has 1 heterocycles. The average molecular weight is 413 g/mol. The highest BCUT2D eigenvalue weighted by molar-refractivity contribution is 14.1. The van der Waals surface area contributed by atoms with Gasteiger partial charge in [0.1, 0.15) is 0 Å². The average Bonchev–Trinajstić information content (AvgIpc) is 2.75. The Morgan fingerprint density at radius 1 is 1.11 bits per heavy atom. The Hall–Kier alpha value is -0.880. The topological polar surface area (TPSA) is 17.8 Å². The number of hydrogen-bond acceptors (Lipinski definition) is 1. The Bertz CT molecular complexity index is 689. The van der Waals surface area contributed by atoms with Gasteiger partial charge in [-0.3, -0.25) is 4.68 Å². The largest absolute Gasteiger partial charge is 0.260 e. The van der Waals surface area contributed by atoms with Crippen LogP contribution in [0.25, 0.3) is 10.9 Å².